The number of thioether (sulfide) groups is 1. The second kappa shape index (κ2) is 15.0. The van der Waals surface area contributed by atoms with E-state index in [1.165, 1.54) is 43.1 Å². The van der Waals surface area contributed by atoms with Crippen molar-refractivity contribution in [1.82, 2.24) is 15.2 Å². The Morgan fingerprint density at radius 2 is 1.85 bits per heavy atom. The van der Waals surface area contributed by atoms with Gasteiger partial charge in [0.05, 0.1) is 0 Å². The Labute approximate surface area is 316 Å². The van der Waals surface area contributed by atoms with E-state index in [9.17, 15) is 39.6 Å². The van der Waals surface area contributed by atoms with Crippen LogP contribution in [0.25, 0.3) is 17.2 Å². The number of phenolic OH excluding ortho intramolecular Hbond substituents is 2. The maximum absolute atomic E-state index is 13.3. The predicted molar refractivity (Wildman–Crippen MR) is 200 cm³/mol. The molecule has 2 atom stereocenters. The summed E-state index contributed by atoms with van der Waals surface area (Å²) < 4.78 is 2.03. The monoisotopic (exact) mass is 771 g/mol. The first kappa shape index (κ1) is 37.6. The van der Waals surface area contributed by atoms with Gasteiger partial charge in [0, 0.05) is 28.3 Å². The highest BCUT2D eigenvalue weighted by Gasteiger charge is 2.54. The molecule has 278 valence electrons. The molecule has 0 radical (unpaired) electrons. The number of nitrogens with zero attached hydrogens (tertiary/aromatic N) is 4. The summed E-state index contributed by atoms with van der Waals surface area (Å²) in [6, 6.07) is 13.3. The summed E-state index contributed by atoms with van der Waals surface area (Å²) in [7, 11) is 0. The number of aliphatic carboxylic acids is 2. The van der Waals surface area contributed by atoms with Gasteiger partial charge >= 0.3 is 11.9 Å². The number of aryl methyl sites for hydroxylation is 1. The van der Waals surface area contributed by atoms with Crippen LogP contribution in [0.1, 0.15) is 36.2 Å². The maximum Gasteiger partial charge on any atom is 0.352 e. The Balaban J connectivity index is 1.13. The number of nitrogens with two attached hydrogens (primary N) is 1. The topological polar surface area (TPSA) is 229 Å². The lowest BCUT2D eigenvalue weighted by Crippen LogP contribution is -2.71. The van der Waals surface area contributed by atoms with E-state index in [0.29, 0.717) is 12.1 Å². The molecule has 1 saturated heterocycles. The Morgan fingerprint density at radius 3 is 2.48 bits per heavy atom. The molecular weight excluding hydrogens is 737 g/mol. The summed E-state index contributed by atoms with van der Waals surface area (Å²) >= 11 is 2.30. The van der Waals surface area contributed by atoms with Crippen molar-refractivity contribution < 1.29 is 49.0 Å². The maximum atomic E-state index is 13.3. The van der Waals surface area contributed by atoms with Crippen LogP contribution in [0.15, 0.2) is 88.8 Å². The first-order chi connectivity index (χ1) is 25.6. The van der Waals surface area contributed by atoms with Gasteiger partial charge in [-0.25, -0.2) is 19.1 Å². The molecule has 0 saturated carbocycles. The lowest BCUT2D eigenvalue weighted by Gasteiger charge is -2.49. The Bertz CT molecular complexity index is 2270. The molecule has 2 aliphatic rings. The van der Waals surface area contributed by atoms with Gasteiger partial charge in [-0.05, 0) is 55.2 Å². The summed E-state index contributed by atoms with van der Waals surface area (Å²) in [6.07, 6.45) is 7.36. The highest BCUT2D eigenvalue weighted by atomic mass is 32.2. The number of carboxylic acids is 2. The number of carbonyl (C=O) groups is 4. The number of benzene rings is 2. The number of oxime groups is 1. The van der Waals surface area contributed by atoms with Crippen molar-refractivity contribution in [3.05, 3.63) is 106 Å². The molecular formula is C37H35N6O9S2+. The van der Waals surface area contributed by atoms with Crippen LogP contribution in [0.2, 0.25) is 0 Å². The van der Waals surface area contributed by atoms with E-state index in [-0.39, 0.29) is 33.8 Å². The van der Waals surface area contributed by atoms with E-state index in [1.54, 1.807) is 18.2 Å². The molecule has 2 aromatic carbocycles. The van der Waals surface area contributed by atoms with E-state index in [2.05, 4.69) is 15.5 Å². The van der Waals surface area contributed by atoms with Crippen molar-refractivity contribution in [1.29, 1.82) is 0 Å². The number of anilines is 1. The zero-order valence-corrected chi connectivity index (χ0v) is 30.7. The molecule has 54 heavy (non-hydrogen) atoms. The van der Waals surface area contributed by atoms with Crippen molar-refractivity contribution in [3.63, 3.8) is 0 Å². The fourth-order valence-electron chi connectivity index (χ4n) is 5.70. The standard InChI is InChI=1S/C37H34N6O9S2/c1-19-15-42(13-12-24(19)22-10-11-26(44)27(45)14-22)16-21-6-4-20(5-7-21)8-9-23-17-53-33-29(32(47)43(33)30(23)34(48)49)40-31(46)28(25-18-54-36(38)39-25)41-52-37(2,3)35(50)51/h4-15,18,29,33H,16-17H2,1-3H3,(H6,38,39,40,45,46,48,49,50,51)/p+1/b9-8+,41-28-/t29-,33-/m1/s1. The van der Waals surface area contributed by atoms with Crippen LogP contribution in [-0.4, -0.2) is 82.5 Å². The molecule has 0 aliphatic carbocycles. The van der Waals surface area contributed by atoms with Gasteiger partial charge in [0.2, 0.25) is 5.60 Å². The number of hydrogen-bond acceptors (Lipinski definition) is 12. The largest absolute Gasteiger partial charge is 0.504 e. The van der Waals surface area contributed by atoms with Crippen molar-refractivity contribution in [2.24, 2.45) is 5.16 Å². The molecule has 4 heterocycles. The SMILES string of the molecule is Cc1c[n+](Cc2ccc(/C=C/C3=C(C(=O)O)N4C(=O)[C@@H](NC(=O)/C(=N\OC(C)(C)C(=O)O)c5csc(N)n5)[C@H]4SC3)cc2)ccc1-c1ccc(O)c(O)c1. The Hall–Kier alpha value is -6.20. The summed E-state index contributed by atoms with van der Waals surface area (Å²) in [5.41, 5.74) is 8.33. The molecule has 2 aromatic heterocycles. The summed E-state index contributed by atoms with van der Waals surface area (Å²) in [4.78, 5) is 60.9. The molecule has 17 heteroatoms. The molecule has 0 bridgehead atoms. The van der Waals surface area contributed by atoms with Gasteiger partial charge in [0.15, 0.2) is 41.3 Å². The number of phenols is 2. The number of hydrogen-bond donors (Lipinski definition) is 6. The number of pyridine rings is 1. The third-order valence-corrected chi connectivity index (χ3v) is 10.6. The minimum atomic E-state index is -1.78. The van der Waals surface area contributed by atoms with E-state index in [0.717, 1.165) is 44.1 Å². The number of carboxylic acid groups (broad SMARTS) is 2. The van der Waals surface area contributed by atoms with E-state index in [4.69, 9.17) is 10.6 Å². The molecule has 2 amide bonds. The van der Waals surface area contributed by atoms with Gasteiger partial charge in [-0.1, -0.05) is 47.6 Å². The number of carbonyl (C=O) groups excluding carboxylic acids is 2. The number of aromatic nitrogens is 2. The third kappa shape index (κ3) is 7.77. The van der Waals surface area contributed by atoms with Crippen LogP contribution in [0.3, 0.4) is 0 Å². The number of β-lactam (4-membered cyclic amide) rings is 1. The number of rotatable bonds is 12. The molecule has 4 aromatic rings. The average Bonchev–Trinajstić information content (AvgIpc) is 3.56. The smallest absolute Gasteiger partial charge is 0.352 e. The lowest BCUT2D eigenvalue weighted by molar-refractivity contribution is -0.688. The highest BCUT2D eigenvalue weighted by Crippen LogP contribution is 2.41. The van der Waals surface area contributed by atoms with E-state index < -0.39 is 46.5 Å². The third-order valence-electron chi connectivity index (χ3n) is 8.67. The van der Waals surface area contributed by atoms with Crippen LogP contribution in [0.5, 0.6) is 11.5 Å². The summed E-state index contributed by atoms with van der Waals surface area (Å²) in [6.45, 7) is 5.04. The van der Waals surface area contributed by atoms with Crippen molar-refractivity contribution >= 4 is 63.8 Å². The van der Waals surface area contributed by atoms with Crippen molar-refractivity contribution in [2.45, 2.75) is 44.3 Å². The lowest BCUT2D eigenvalue weighted by atomic mass is 10.0. The van der Waals surface area contributed by atoms with Gasteiger partial charge in [0.1, 0.15) is 22.8 Å². The number of nitrogens with one attached hydrogen (secondary N) is 1. The van der Waals surface area contributed by atoms with Gasteiger partial charge in [0.25, 0.3) is 11.8 Å². The fourth-order valence-corrected chi connectivity index (χ4v) is 7.56. The number of fused-ring (bicyclic) bond motifs is 1. The number of thiazole rings is 1. The zero-order chi connectivity index (χ0) is 38.9. The average molecular weight is 772 g/mol. The minimum absolute atomic E-state index is 0.0136. The second-order valence-electron chi connectivity index (χ2n) is 12.9. The first-order valence-corrected chi connectivity index (χ1v) is 18.3. The second-order valence-corrected chi connectivity index (χ2v) is 14.9. The van der Waals surface area contributed by atoms with Crippen LogP contribution in [-0.2, 0) is 30.6 Å². The van der Waals surface area contributed by atoms with Crippen LogP contribution >= 0.6 is 23.1 Å². The van der Waals surface area contributed by atoms with E-state index in [1.807, 2.05) is 54.2 Å². The summed E-state index contributed by atoms with van der Waals surface area (Å²) in [5, 5.41) is 46.2. The zero-order valence-electron chi connectivity index (χ0n) is 29.1. The fraction of sp³-hybridized carbons (Fsp3) is 0.216. The number of amides is 2. The quantitative estimate of drug-likeness (QED) is 0.0400. The molecule has 7 N–H and O–H groups in total. The van der Waals surface area contributed by atoms with Gasteiger partial charge < -0.3 is 36.3 Å². The molecule has 0 spiro atoms. The highest BCUT2D eigenvalue weighted by molar-refractivity contribution is 8.00. The predicted octanol–water partition coefficient (Wildman–Crippen LogP) is 3.48. The van der Waals surface area contributed by atoms with Gasteiger partial charge in [-0.3, -0.25) is 14.5 Å². The molecule has 1 fully saturated rings. The van der Waals surface area contributed by atoms with Crippen molar-refractivity contribution in [2.75, 3.05) is 11.5 Å². The normalized spacial score (nSPS) is 17.3. The minimum Gasteiger partial charge on any atom is -0.504 e. The van der Waals surface area contributed by atoms with Crippen molar-refractivity contribution in [3.8, 4) is 22.6 Å². The van der Waals surface area contributed by atoms with Crippen LogP contribution < -0.4 is 15.6 Å². The van der Waals surface area contributed by atoms with Gasteiger partial charge in [-0.15, -0.1) is 23.1 Å². The first-order valence-electron chi connectivity index (χ1n) is 16.3. The number of aromatic hydroxyl groups is 2. The summed E-state index contributed by atoms with van der Waals surface area (Å²) in [5.74, 6) is -4.26. The Kier molecular flexibility index (Phi) is 10.5. The Morgan fingerprint density at radius 1 is 1.11 bits per heavy atom. The molecule has 0 unspecified atom stereocenters. The molecule has 2 aliphatic heterocycles. The number of allylic oxidation sites excluding steroid dienone is 1. The molecule has 6 rings (SSSR count). The van der Waals surface area contributed by atoms with Crippen LogP contribution in [0.4, 0.5) is 5.13 Å². The van der Waals surface area contributed by atoms with E-state index >= 15 is 0 Å². The molecule has 15 nitrogen and oxygen atoms in total. The van der Waals surface area contributed by atoms with Gasteiger partial charge in [-0.2, -0.15) is 0 Å². The van der Waals surface area contributed by atoms with Crippen LogP contribution in [0, 0.1) is 6.92 Å². The number of nitrogen functional groups attached to an aromatic ring is 1.